The maximum Gasteiger partial charge on any atom is 0.274 e. The van der Waals surface area contributed by atoms with Crippen LogP contribution < -0.4 is 10.6 Å². The van der Waals surface area contributed by atoms with E-state index in [9.17, 15) is 4.79 Å². The number of aromatic nitrogens is 4. The first-order valence-corrected chi connectivity index (χ1v) is 10.2. The molecule has 29 heavy (non-hydrogen) atoms. The van der Waals surface area contributed by atoms with Gasteiger partial charge in [-0.1, -0.05) is 12.1 Å². The third-order valence-electron chi connectivity index (χ3n) is 4.75. The first-order valence-electron chi connectivity index (χ1n) is 9.38. The third kappa shape index (κ3) is 4.52. The Labute approximate surface area is 176 Å². The van der Waals surface area contributed by atoms with Crippen molar-refractivity contribution in [3.05, 3.63) is 59.1 Å². The zero-order valence-electron chi connectivity index (χ0n) is 15.9. The molecule has 2 atom stereocenters. The Morgan fingerprint density at radius 2 is 2.24 bits per heavy atom. The SMILES string of the molecule is CC(C1CNCCO1)n1cc(NC(=O)c2cccc(Br)n2)c(-c2ccccn2)n1. The zero-order chi connectivity index (χ0) is 20.2. The van der Waals surface area contributed by atoms with Crippen molar-refractivity contribution >= 4 is 27.5 Å². The molecule has 0 bridgehead atoms. The van der Waals surface area contributed by atoms with Crippen LogP contribution in [0, 0.1) is 0 Å². The molecule has 1 aliphatic heterocycles. The molecule has 4 heterocycles. The average molecular weight is 457 g/mol. The van der Waals surface area contributed by atoms with Crippen LogP contribution in [0.2, 0.25) is 0 Å². The van der Waals surface area contributed by atoms with Gasteiger partial charge in [0.2, 0.25) is 0 Å². The summed E-state index contributed by atoms with van der Waals surface area (Å²) in [5.74, 6) is -0.314. The van der Waals surface area contributed by atoms with Crippen LogP contribution in [0.5, 0.6) is 0 Å². The number of nitrogens with one attached hydrogen (secondary N) is 2. The molecule has 0 aliphatic carbocycles. The molecule has 4 rings (SSSR count). The molecule has 2 N–H and O–H groups in total. The lowest BCUT2D eigenvalue weighted by atomic mass is 10.1. The predicted molar refractivity (Wildman–Crippen MR) is 113 cm³/mol. The number of ether oxygens (including phenoxy) is 1. The van der Waals surface area contributed by atoms with Gasteiger partial charge in [-0.2, -0.15) is 5.10 Å². The minimum atomic E-state index is -0.314. The van der Waals surface area contributed by atoms with Gasteiger partial charge in [-0.05, 0) is 47.1 Å². The van der Waals surface area contributed by atoms with E-state index in [1.54, 1.807) is 24.4 Å². The monoisotopic (exact) mass is 456 g/mol. The highest BCUT2D eigenvalue weighted by molar-refractivity contribution is 9.10. The molecule has 3 aromatic rings. The Hall–Kier alpha value is -2.62. The van der Waals surface area contributed by atoms with Gasteiger partial charge in [0.05, 0.1) is 30.1 Å². The van der Waals surface area contributed by atoms with E-state index in [1.807, 2.05) is 36.0 Å². The molecule has 3 aromatic heterocycles. The van der Waals surface area contributed by atoms with Gasteiger partial charge < -0.3 is 15.4 Å². The van der Waals surface area contributed by atoms with Gasteiger partial charge in [0.25, 0.3) is 5.91 Å². The summed E-state index contributed by atoms with van der Waals surface area (Å²) in [4.78, 5) is 21.4. The van der Waals surface area contributed by atoms with Gasteiger partial charge >= 0.3 is 0 Å². The molecule has 0 saturated carbocycles. The molecule has 0 aromatic carbocycles. The van der Waals surface area contributed by atoms with Crippen molar-refractivity contribution in [2.24, 2.45) is 0 Å². The molecule has 0 radical (unpaired) electrons. The summed E-state index contributed by atoms with van der Waals surface area (Å²) in [6.45, 7) is 4.32. The molecular formula is C20H21BrN6O2. The van der Waals surface area contributed by atoms with Crippen molar-refractivity contribution in [2.75, 3.05) is 25.0 Å². The second-order valence-corrected chi connectivity index (χ2v) is 7.55. The highest BCUT2D eigenvalue weighted by Gasteiger charge is 2.25. The van der Waals surface area contributed by atoms with E-state index >= 15 is 0 Å². The molecular weight excluding hydrogens is 436 g/mol. The zero-order valence-corrected chi connectivity index (χ0v) is 17.5. The van der Waals surface area contributed by atoms with Crippen LogP contribution in [0.4, 0.5) is 5.69 Å². The molecule has 1 amide bonds. The van der Waals surface area contributed by atoms with Crippen molar-refractivity contribution in [1.82, 2.24) is 25.1 Å². The van der Waals surface area contributed by atoms with Crippen LogP contribution in [0.3, 0.4) is 0 Å². The molecule has 9 heteroatoms. The molecule has 0 spiro atoms. The van der Waals surface area contributed by atoms with Crippen molar-refractivity contribution < 1.29 is 9.53 Å². The molecule has 1 aliphatic rings. The first kappa shape index (κ1) is 19.7. The number of amides is 1. The fourth-order valence-corrected chi connectivity index (χ4v) is 3.51. The molecule has 2 unspecified atom stereocenters. The Balaban J connectivity index is 1.65. The number of pyridine rings is 2. The minimum absolute atomic E-state index is 0.00414. The largest absolute Gasteiger partial charge is 0.373 e. The summed E-state index contributed by atoms with van der Waals surface area (Å²) in [7, 11) is 0. The fraction of sp³-hybridized carbons (Fsp3) is 0.300. The molecule has 1 saturated heterocycles. The van der Waals surface area contributed by atoms with Gasteiger partial charge in [-0.15, -0.1) is 0 Å². The van der Waals surface area contributed by atoms with E-state index in [0.29, 0.717) is 34.0 Å². The van der Waals surface area contributed by atoms with Crippen LogP contribution in [0.1, 0.15) is 23.5 Å². The van der Waals surface area contributed by atoms with E-state index in [-0.39, 0.29) is 18.1 Å². The third-order valence-corrected chi connectivity index (χ3v) is 5.19. The quantitative estimate of drug-likeness (QED) is 0.573. The van der Waals surface area contributed by atoms with Crippen LogP contribution in [-0.4, -0.2) is 51.5 Å². The number of halogens is 1. The fourth-order valence-electron chi connectivity index (χ4n) is 3.17. The Bertz CT molecular complexity index is 988. The Morgan fingerprint density at radius 1 is 1.34 bits per heavy atom. The first-order chi connectivity index (χ1) is 14.1. The van der Waals surface area contributed by atoms with Crippen LogP contribution >= 0.6 is 15.9 Å². The highest BCUT2D eigenvalue weighted by Crippen LogP contribution is 2.28. The van der Waals surface area contributed by atoms with Crippen molar-refractivity contribution in [3.8, 4) is 11.4 Å². The summed E-state index contributed by atoms with van der Waals surface area (Å²) in [6, 6.07) is 10.8. The lowest BCUT2D eigenvalue weighted by molar-refractivity contribution is -0.00313. The van der Waals surface area contributed by atoms with Crippen molar-refractivity contribution in [2.45, 2.75) is 19.1 Å². The summed E-state index contributed by atoms with van der Waals surface area (Å²) in [5.41, 5.74) is 2.17. The summed E-state index contributed by atoms with van der Waals surface area (Å²) >= 11 is 3.30. The van der Waals surface area contributed by atoms with Gasteiger partial charge in [0.1, 0.15) is 16.0 Å². The maximum absolute atomic E-state index is 12.7. The number of carbonyl (C=O) groups is 1. The average Bonchev–Trinajstić information content (AvgIpc) is 3.18. The highest BCUT2D eigenvalue weighted by atomic mass is 79.9. The second-order valence-electron chi connectivity index (χ2n) is 6.74. The van der Waals surface area contributed by atoms with Gasteiger partial charge in [0, 0.05) is 25.5 Å². The van der Waals surface area contributed by atoms with Crippen LogP contribution in [0.15, 0.2) is 53.4 Å². The number of carbonyl (C=O) groups excluding carboxylic acids is 1. The van der Waals surface area contributed by atoms with Gasteiger partial charge in [-0.3, -0.25) is 14.5 Å². The maximum atomic E-state index is 12.7. The number of hydrogen-bond donors (Lipinski definition) is 2. The normalized spacial score (nSPS) is 17.7. The topological polar surface area (TPSA) is 94.0 Å². The number of hydrogen-bond acceptors (Lipinski definition) is 6. The molecule has 8 nitrogen and oxygen atoms in total. The van der Waals surface area contributed by atoms with E-state index in [0.717, 1.165) is 13.1 Å². The smallest absolute Gasteiger partial charge is 0.274 e. The van der Waals surface area contributed by atoms with E-state index in [4.69, 9.17) is 9.84 Å². The Morgan fingerprint density at radius 3 is 2.97 bits per heavy atom. The van der Waals surface area contributed by atoms with Crippen molar-refractivity contribution in [3.63, 3.8) is 0 Å². The number of rotatable bonds is 5. The number of nitrogens with zero attached hydrogens (tertiary/aromatic N) is 4. The Kier molecular flexibility index (Phi) is 5.98. The van der Waals surface area contributed by atoms with Crippen LogP contribution in [-0.2, 0) is 4.74 Å². The summed E-state index contributed by atoms with van der Waals surface area (Å²) in [6.07, 6.45) is 3.52. The lowest BCUT2D eigenvalue weighted by Gasteiger charge is -2.28. The summed E-state index contributed by atoms with van der Waals surface area (Å²) in [5, 5.41) is 11.0. The lowest BCUT2D eigenvalue weighted by Crippen LogP contribution is -2.42. The molecule has 1 fully saturated rings. The molecule has 150 valence electrons. The van der Waals surface area contributed by atoms with Gasteiger partial charge in [0.15, 0.2) is 0 Å². The number of anilines is 1. The van der Waals surface area contributed by atoms with Crippen molar-refractivity contribution in [1.29, 1.82) is 0 Å². The van der Waals surface area contributed by atoms with Crippen LogP contribution in [0.25, 0.3) is 11.4 Å². The van der Waals surface area contributed by atoms with E-state index in [2.05, 4.69) is 36.5 Å². The summed E-state index contributed by atoms with van der Waals surface area (Å²) < 4.78 is 8.29. The van der Waals surface area contributed by atoms with Gasteiger partial charge in [-0.25, -0.2) is 4.98 Å². The number of morpholine rings is 1. The van der Waals surface area contributed by atoms with E-state index < -0.39 is 0 Å². The predicted octanol–water partition coefficient (Wildman–Crippen LogP) is 2.90. The minimum Gasteiger partial charge on any atom is -0.373 e. The standard InChI is InChI=1S/C20H21BrN6O2/c1-13(17-11-22-9-10-29-17)27-12-16(19(26-27)14-5-2-3-8-23-14)25-20(28)15-6-4-7-18(21)24-15/h2-8,12-13,17,22H,9-11H2,1H3,(H,25,28). The second kappa shape index (κ2) is 8.81. The van der Waals surface area contributed by atoms with E-state index in [1.165, 1.54) is 0 Å².